The predicted molar refractivity (Wildman–Crippen MR) is 104 cm³/mol. The van der Waals surface area contributed by atoms with Gasteiger partial charge in [0.2, 0.25) is 5.95 Å². The molecule has 3 aromatic heterocycles. The zero-order valence-electron chi connectivity index (χ0n) is 14.0. The van der Waals surface area contributed by atoms with Crippen LogP contribution in [0.1, 0.15) is 21.9 Å². The Morgan fingerprint density at radius 2 is 1.77 bits per heavy atom. The first kappa shape index (κ1) is 16.6. The molecule has 0 saturated carbocycles. The number of thiazole rings is 2. The molecule has 0 spiro atoms. The van der Waals surface area contributed by atoms with E-state index in [2.05, 4.69) is 30.6 Å². The molecule has 3 heterocycles. The van der Waals surface area contributed by atoms with Crippen LogP contribution in [0.2, 0.25) is 0 Å². The second-order valence-corrected chi connectivity index (χ2v) is 7.47. The molecule has 0 radical (unpaired) electrons. The molecular weight excluding hydrogens is 368 g/mol. The van der Waals surface area contributed by atoms with Crippen molar-refractivity contribution in [3.05, 3.63) is 52.8 Å². The Kier molecular flexibility index (Phi) is 4.31. The summed E-state index contributed by atoms with van der Waals surface area (Å²) in [5.74, 6) is 0.171. The van der Waals surface area contributed by atoms with Gasteiger partial charge in [-0.1, -0.05) is 23.5 Å². The number of anilines is 3. The molecule has 0 aliphatic carbocycles. The molecule has 0 bridgehead atoms. The van der Waals surface area contributed by atoms with E-state index < -0.39 is 0 Å². The van der Waals surface area contributed by atoms with Crippen molar-refractivity contribution < 1.29 is 4.79 Å². The molecule has 26 heavy (non-hydrogen) atoms. The van der Waals surface area contributed by atoms with Gasteiger partial charge < -0.3 is 5.32 Å². The molecule has 130 valence electrons. The molecule has 9 heteroatoms. The molecule has 0 aliphatic heterocycles. The first-order valence-corrected chi connectivity index (χ1v) is 9.48. The van der Waals surface area contributed by atoms with Crippen LogP contribution >= 0.6 is 22.7 Å². The van der Waals surface area contributed by atoms with Crippen molar-refractivity contribution in [2.75, 3.05) is 10.6 Å². The van der Waals surface area contributed by atoms with Gasteiger partial charge in [0.05, 0.1) is 10.2 Å². The number of benzene rings is 1. The summed E-state index contributed by atoms with van der Waals surface area (Å²) < 4.78 is 1.02. The van der Waals surface area contributed by atoms with E-state index in [1.54, 1.807) is 5.38 Å². The van der Waals surface area contributed by atoms with E-state index in [0.717, 1.165) is 21.6 Å². The lowest BCUT2D eigenvalue weighted by atomic mass is 10.3. The second-order valence-electron chi connectivity index (χ2n) is 5.58. The first-order chi connectivity index (χ1) is 12.6. The van der Waals surface area contributed by atoms with Crippen LogP contribution in [0.15, 0.2) is 35.7 Å². The Hall–Kier alpha value is -2.91. The summed E-state index contributed by atoms with van der Waals surface area (Å²) in [6.07, 6.45) is 0. The average molecular weight is 382 g/mol. The fraction of sp³-hybridized carbons (Fsp3) is 0.118. The van der Waals surface area contributed by atoms with E-state index in [-0.39, 0.29) is 5.91 Å². The summed E-state index contributed by atoms with van der Waals surface area (Å²) in [7, 11) is 0. The molecule has 2 N–H and O–H groups in total. The van der Waals surface area contributed by atoms with Crippen LogP contribution in [0.3, 0.4) is 0 Å². The number of hydrogen-bond donors (Lipinski definition) is 2. The number of nitrogens with one attached hydrogen (secondary N) is 2. The van der Waals surface area contributed by atoms with E-state index in [0.29, 0.717) is 21.9 Å². The van der Waals surface area contributed by atoms with E-state index in [1.165, 1.54) is 22.7 Å². The molecule has 0 aliphatic rings. The van der Waals surface area contributed by atoms with Gasteiger partial charge in [0.25, 0.3) is 5.91 Å². The van der Waals surface area contributed by atoms with Gasteiger partial charge in [-0.15, -0.1) is 11.3 Å². The van der Waals surface area contributed by atoms with Crippen molar-refractivity contribution in [2.24, 2.45) is 0 Å². The average Bonchev–Trinajstić information content (AvgIpc) is 3.20. The van der Waals surface area contributed by atoms with Crippen molar-refractivity contribution in [3.63, 3.8) is 0 Å². The molecule has 0 saturated heterocycles. The van der Waals surface area contributed by atoms with Crippen molar-refractivity contribution in [2.45, 2.75) is 13.8 Å². The third kappa shape index (κ3) is 3.53. The normalized spacial score (nSPS) is 10.8. The van der Waals surface area contributed by atoms with Gasteiger partial charge in [-0.2, -0.15) is 0 Å². The van der Waals surface area contributed by atoms with Gasteiger partial charge >= 0.3 is 0 Å². The third-order valence-corrected chi connectivity index (χ3v) is 5.16. The zero-order valence-corrected chi connectivity index (χ0v) is 15.6. The monoisotopic (exact) mass is 382 g/mol. The maximum Gasteiger partial charge on any atom is 0.276 e. The van der Waals surface area contributed by atoms with E-state index in [9.17, 15) is 4.79 Å². The molecule has 1 amide bonds. The van der Waals surface area contributed by atoms with E-state index >= 15 is 0 Å². The lowest BCUT2D eigenvalue weighted by Gasteiger charge is -2.03. The largest absolute Gasteiger partial charge is 0.300 e. The van der Waals surface area contributed by atoms with Crippen molar-refractivity contribution in [1.82, 2.24) is 19.9 Å². The number of hydrogen-bond acceptors (Lipinski definition) is 8. The summed E-state index contributed by atoms with van der Waals surface area (Å²) in [6, 6.07) is 9.64. The van der Waals surface area contributed by atoms with Crippen LogP contribution in [-0.2, 0) is 0 Å². The maximum atomic E-state index is 12.4. The number of fused-ring (bicyclic) bond motifs is 1. The molecule has 0 atom stereocenters. The Balaban J connectivity index is 1.49. The van der Waals surface area contributed by atoms with Crippen molar-refractivity contribution in [3.8, 4) is 0 Å². The van der Waals surface area contributed by atoms with Crippen LogP contribution < -0.4 is 10.6 Å². The van der Waals surface area contributed by atoms with E-state index in [4.69, 9.17) is 0 Å². The zero-order chi connectivity index (χ0) is 18.1. The minimum atomic E-state index is -0.297. The number of carbonyl (C=O) groups excluding carboxylic acids is 1. The number of nitrogens with zero attached hydrogens (tertiary/aromatic N) is 4. The van der Waals surface area contributed by atoms with Crippen LogP contribution in [0.5, 0.6) is 0 Å². The lowest BCUT2D eigenvalue weighted by Crippen LogP contribution is -2.12. The summed E-state index contributed by atoms with van der Waals surface area (Å²) in [5.41, 5.74) is 2.91. The highest BCUT2D eigenvalue weighted by molar-refractivity contribution is 7.22. The van der Waals surface area contributed by atoms with Crippen LogP contribution in [0.4, 0.5) is 16.2 Å². The van der Waals surface area contributed by atoms with Gasteiger partial charge in [0, 0.05) is 16.8 Å². The highest BCUT2D eigenvalue weighted by Gasteiger charge is 2.14. The summed E-state index contributed by atoms with van der Waals surface area (Å²) in [4.78, 5) is 29.7. The van der Waals surface area contributed by atoms with Crippen LogP contribution in [-0.4, -0.2) is 25.8 Å². The molecular formula is C17H14N6OS2. The minimum Gasteiger partial charge on any atom is -0.300 e. The standard InChI is InChI=1S/C17H14N6OS2/c1-9-7-10(2)19-15(18-9)23-16-21-12(8-25-16)14(24)22-17-20-11-5-3-4-6-13(11)26-17/h3-8H,1-2H3,(H,20,22,24)(H,18,19,21,23). The van der Waals surface area contributed by atoms with Crippen molar-refractivity contribution >= 4 is 55.0 Å². The van der Waals surface area contributed by atoms with Gasteiger partial charge in [-0.25, -0.2) is 19.9 Å². The summed E-state index contributed by atoms with van der Waals surface area (Å²) >= 11 is 2.75. The SMILES string of the molecule is Cc1cc(C)nc(Nc2nc(C(=O)Nc3nc4ccccc4s3)cs2)n1. The topological polar surface area (TPSA) is 92.7 Å². The lowest BCUT2D eigenvalue weighted by molar-refractivity contribution is 0.102. The molecule has 0 fully saturated rings. The highest BCUT2D eigenvalue weighted by atomic mass is 32.1. The minimum absolute atomic E-state index is 0.297. The quantitative estimate of drug-likeness (QED) is 0.551. The summed E-state index contributed by atoms with van der Waals surface area (Å²) in [5, 5.41) is 8.64. The van der Waals surface area contributed by atoms with Gasteiger partial charge in [0.15, 0.2) is 10.3 Å². The van der Waals surface area contributed by atoms with Crippen LogP contribution in [0, 0.1) is 13.8 Å². The molecule has 4 aromatic rings. The number of carbonyl (C=O) groups is 1. The van der Waals surface area contributed by atoms with Crippen molar-refractivity contribution in [1.29, 1.82) is 0 Å². The van der Waals surface area contributed by atoms with E-state index in [1.807, 2.05) is 44.2 Å². The molecule has 0 unspecified atom stereocenters. The number of rotatable bonds is 4. The fourth-order valence-corrected chi connectivity index (χ4v) is 3.94. The predicted octanol–water partition coefficient (Wildman–Crippen LogP) is 4.16. The fourth-order valence-electron chi connectivity index (χ4n) is 2.40. The van der Waals surface area contributed by atoms with Gasteiger partial charge in [0.1, 0.15) is 5.69 Å². The second kappa shape index (κ2) is 6.77. The highest BCUT2D eigenvalue weighted by Crippen LogP contribution is 2.26. The molecule has 4 rings (SSSR count). The molecule has 7 nitrogen and oxygen atoms in total. The Morgan fingerprint density at radius 3 is 2.54 bits per heavy atom. The number of para-hydroxylation sites is 1. The maximum absolute atomic E-state index is 12.4. The molecule has 1 aromatic carbocycles. The number of aromatic nitrogens is 4. The Labute approximate surface area is 157 Å². The Morgan fingerprint density at radius 1 is 1.00 bits per heavy atom. The number of aryl methyl sites for hydroxylation is 2. The van der Waals surface area contributed by atoms with Gasteiger partial charge in [-0.05, 0) is 32.0 Å². The third-order valence-electron chi connectivity index (χ3n) is 3.45. The number of amides is 1. The Bertz CT molecular complexity index is 1050. The van der Waals surface area contributed by atoms with Gasteiger partial charge in [-0.3, -0.25) is 10.1 Å². The van der Waals surface area contributed by atoms with Crippen LogP contribution in [0.25, 0.3) is 10.2 Å². The smallest absolute Gasteiger partial charge is 0.276 e. The summed E-state index contributed by atoms with van der Waals surface area (Å²) in [6.45, 7) is 3.80. The first-order valence-electron chi connectivity index (χ1n) is 7.78.